The zero-order chi connectivity index (χ0) is 30.2. The zero-order valence-corrected chi connectivity index (χ0v) is 25.2. The van der Waals surface area contributed by atoms with Crippen LogP contribution in [0.1, 0.15) is 40.4 Å². The van der Waals surface area contributed by atoms with Crippen molar-refractivity contribution in [3.05, 3.63) is 82.9 Å². The Morgan fingerprint density at radius 1 is 1.00 bits per heavy atom. The molecule has 0 aliphatic carbocycles. The van der Waals surface area contributed by atoms with Gasteiger partial charge < -0.3 is 19.5 Å². The highest BCUT2D eigenvalue weighted by molar-refractivity contribution is 8.15. The Morgan fingerprint density at radius 2 is 1.74 bits per heavy atom. The molecule has 4 rings (SSSR count). The van der Waals surface area contributed by atoms with Crippen LogP contribution in [0.25, 0.3) is 0 Å². The molecule has 0 bridgehead atoms. The van der Waals surface area contributed by atoms with E-state index in [1.807, 2.05) is 50.2 Å². The fraction of sp³-hybridized carbons (Fsp3) is 0.312. The maximum Gasteiger partial charge on any atom is 0.338 e. The largest absolute Gasteiger partial charge is 0.493 e. The topological polar surface area (TPSA) is 107 Å². The van der Waals surface area contributed by atoms with Crippen LogP contribution in [0, 0.1) is 13.8 Å². The lowest BCUT2D eigenvalue weighted by Crippen LogP contribution is -2.46. The SMILES string of the molecule is CCOC(=O)c1ccc(N=C2SC(C(=O)Nc3ccc(C)cc3C)CC(=O)N2CCc2ccc(OC)c(OC)c2)cc1. The van der Waals surface area contributed by atoms with E-state index in [-0.39, 0.29) is 24.8 Å². The summed E-state index contributed by atoms with van der Waals surface area (Å²) in [6.07, 6.45) is 0.570. The minimum Gasteiger partial charge on any atom is -0.493 e. The summed E-state index contributed by atoms with van der Waals surface area (Å²) in [6.45, 7) is 6.31. The third kappa shape index (κ3) is 7.50. The van der Waals surface area contributed by atoms with Gasteiger partial charge in [0.2, 0.25) is 11.8 Å². The van der Waals surface area contributed by atoms with Gasteiger partial charge >= 0.3 is 5.97 Å². The van der Waals surface area contributed by atoms with E-state index in [1.54, 1.807) is 50.3 Å². The molecule has 1 fully saturated rings. The second-order valence-electron chi connectivity index (χ2n) is 9.76. The Hall–Kier alpha value is -4.31. The number of esters is 1. The molecule has 42 heavy (non-hydrogen) atoms. The summed E-state index contributed by atoms with van der Waals surface area (Å²) < 4.78 is 15.8. The van der Waals surface area contributed by atoms with Crippen molar-refractivity contribution in [2.24, 2.45) is 4.99 Å². The fourth-order valence-electron chi connectivity index (χ4n) is 4.50. The highest BCUT2D eigenvalue weighted by Gasteiger charge is 2.36. The third-order valence-corrected chi connectivity index (χ3v) is 7.93. The van der Waals surface area contributed by atoms with Gasteiger partial charge in [-0.25, -0.2) is 9.79 Å². The number of nitrogens with one attached hydrogen (secondary N) is 1. The minimum atomic E-state index is -0.659. The number of aliphatic imine (C=N–C) groups is 1. The molecule has 0 radical (unpaired) electrons. The number of hydrogen-bond acceptors (Lipinski definition) is 8. The van der Waals surface area contributed by atoms with E-state index >= 15 is 0 Å². The van der Waals surface area contributed by atoms with Crippen molar-refractivity contribution in [2.75, 3.05) is 32.7 Å². The second kappa shape index (κ2) is 14.0. The molecule has 220 valence electrons. The molecule has 10 heteroatoms. The lowest BCUT2D eigenvalue weighted by molar-refractivity contribution is -0.129. The van der Waals surface area contributed by atoms with Gasteiger partial charge in [0.25, 0.3) is 0 Å². The van der Waals surface area contributed by atoms with Crippen molar-refractivity contribution in [3.8, 4) is 11.5 Å². The van der Waals surface area contributed by atoms with E-state index in [9.17, 15) is 14.4 Å². The van der Waals surface area contributed by atoms with E-state index in [0.29, 0.717) is 46.6 Å². The fourth-order valence-corrected chi connectivity index (χ4v) is 5.63. The highest BCUT2D eigenvalue weighted by atomic mass is 32.2. The number of nitrogens with zero attached hydrogens (tertiary/aromatic N) is 2. The number of rotatable bonds is 10. The van der Waals surface area contributed by atoms with Crippen molar-refractivity contribution >= 4 is 46.1 Å². The first-order valence-corrected chi connectivity index (χ1v) is 14.5. The first-order valence-electron chi connectivity index (χ1n) is 13.6. The molecule has 9 nitrogen and oxygen atoms in total. The lowest BCUT2D eigenvalue weighted by Gasteiger charge is -2.32. The quantitative estimate of drug-likeness (QED) is 0.302. The number of anilines is 1. The van der Waals surface area contributed by atoms with Crippen LogP contribution in [0.2, 0.25) is 0 Å². The van der Waals surface area contributed by atoms with Crippen LogP contribution in [0.4, 0.5) is 11.4 Å². The molecule has 1 saturated heterocycles. The number of thioether (sulfide) groups is 1. The Kier molecular flexibility index (Phi) is 10.2. The zero-order valence-electron chi connectivity index (χ0n) is 24.4. The van der Waals surface area contributed by atoms with Gasteiger partial charge in [-0.05, 0) is 80.8 Å². The van der Waals surface area contributed by atoms with Crippen molar-refractivity contribution in [1.82, 2.24) is 4.90 Å². The molecule has 0 aromatic heterocycles. The molecular formula is C32H35N3O6S. The summed E-state index contributed by atoms with van der Waals surface area (Å²) in [5.74, 6) is 0.353. The Morgan fingerprint density at radius 3 is 2.40 bits per heavy atom. The number of ether oxygens (including phenoxy) is 3. The lowest BCUT2D eigenvalue weighted by atomic mass is 10.1. The summed E-state index contributed by atoms with van der Waals surface area (Å²) in [5, 5.41) is 2.73. The van der Waals surface area contributed by atoms with Gasteiger partial charge in [-0.3, -0.25) is 14.5 Å². The number of carbonyl (C=O) groups is 3. The minimum absolute atomic E-state index is 0.0359. The highest BCUT2D eigenvalue weighted by Crippen LogP contribution is 2.32. The van der Waals surface area contributed by atoms with E-state index in [2.05, 4.69) is 5.32 Å². The van der Waals surface area contributed by atoms with Crippen molar-refractivity contribution < 1.29 is 28.6 Å². The van der Waals surface area contributed by atoms with E-state index in [4.69, 9.17) is 19.2 Å². The van der Waals surface area contributed by atoms with Crippen molar-refractivity contribution in [1.29, 1.82) is 0 Å². The van der Waals surface area contributed by atoms with Gasteiger partial charge in [-0.15, -0.1) is 0 Å². The molecule has 2 amide bonds. The maximum absolute atomic E-state index is 13.5. The van der Waals surface area contributed by atoms with Gasteiger partial charge in [-0.1, -0.05) is 35.5 Å². The Bertz CT molecular complexity index is 1490. The molecule has 1 aliphatic rings. The summed E-state index contributed by atoms with van der Waals surface area (Å²) in [5.41, 5.74) is 4.67. The van der Waals surface area contributed by atoms with Gasteiger partial charge in [0.15, 0.2) is 16.7 Å². The van der Waals surface area contributed by atoms with E-state index < -0.39 is 11.2 Å². The first-order chi connectivity index (χ1) is 20.2. The van der Waals surface area contributed by atoms with Gasteiger partial charge in [-0.2, -0.15) is 0 Å². The third-order valence-electron chi connectivity index (χ3n) is 6.75. The first kappa shape index (κ1) is 30.6. The van der Waals surface area contributed by atoms with Crippen LogP contribution in [-0.4, -0.2) is 60.5 Å². The predicted molar refractivity (Wildman–Crippen MR) is 165 cm³/mol. The van der Waals surface area contributed by atoms with Crippen LogP contribution >= 0.6 is 11.8 Å². The van der Waals surface area contributed by atoms with Gasteiger partial charge in [0, 0.05) is 18.7 Å². The normalized spacial score (nSPS) is 15.8. The predicted octanol–water partition coefficient (Wildman–Crippen LogP) is 5.70. The molecule has 0 saturated carbocycles. The van der Waals surface area contributed by atoms with Crippen molar-refractivity contribution in [3.63, 3.8) is 0 Å². The number of aryl methyl sites for hydroxylation is 2. The summed E-state index contributed by atoms with van der Waals surface area (Å²) >= 11 is 1.25. The number of carbonyl (C=O) groups excluding carboxylic acids is 3. The average molecular weight is 590 g/mol. The van der Waals surface area contributed by atoms with Gasteiger partial charge in [0.05, 0.1) is 32.1 Å². The van der Waals surface area contributed by atoms with Crippen LogP contribution < -0.4 is 14.8 Å². The average Bonchev–Trinajstić information content (AvgIpc) is 2.98. The molecule has 0 spiro atoms. The van der Waals surface area contributed by atoms with Crippen LogP contribution in [-0.2, 0) is 20.7 Å². The molecule has 1 atom stereocenters. The molecule has 3 aromatic carbocycles. The summed E-state index contributed by atoms with van der Waals surface area (Å²) in [4.78, 5) is 45.2. The molecule has 1 unspecified atom stereocenters. The van der Waals surface area contributed by atoms with Crippen molar-refractivity contribution in [2.45, 2.75) is 38.9 Å². The smallest absolute Gasteiger partial charge is 0.338 e. The van der Waals surface area contributed by atoms with Gasteiger partial charge in [0.1, 0.15) is 5.25 Å². The monoisotopic (exact) mass is 589 g/mol. The van der Waals surface area contributed by atoms with E-state index in [1.165, 1.54) is 11.8 Å². The maximum atomic E-state index is 13.5. The standard InChI is InChI=1S/C32H35N3O6S/c1-6-41-31(38)23-9-11-24(12-10-23)33-32-35(16-15-22-8-14-26(39-4)27(18-22)40-5)29(36)19-28(42-32)30(37)34-25-13-7-20(2)17-21(25)3/h7-14,17-18,28H,6,15-16,19H2,1-5H3,(H,34,37). The Balaban J connectivity index is 1.58. The number of amides is 2. The van der Waals surface area contributed by atoms with Crippen LogP contribution in [0.5, 0.6) is 11.5 Å². The molecule has 1 heterocycles. The second-order valence-corrected chi connectivity index (χ2v) is 10.9. The van der Waals surface area contributed by atoms with E-state index in [0.717, 1.165) is 16.7 Å². The number of benzene rings is 3. The number of amidine groups is 1. The number of hydrogen-bond donors (Lipinski definition) is 1. The molecular weight excluding hydrogens is 554 g/mol. The molecule has 1 N–H and O–H groups in total. The molecule has 3 aromatic rings. The van der Waals surface area contributed by atoms with Crippen LogP contribution in [0.15, 0.2) is 65.7 Å². The number of methoxy groups -OCH3 is 2. The van der Waals surface area contributed by atoms with Crippen LogP contribution in [0.3, 0.4) is 0 Å². The molecule has 1 aliphatic heterocycles. The summed E-state index contributed by atoms with van der Waals surface area (Å²) in [6, 6.07) is 18.1. The summed E-state index contributed by atoms with van der Waals surface area (Å²) in [7, 11) is 3.16. The Labute approximate surface area is 250 Å².